The van der Waals surface area contributed by atoms with Crippen LogP contribution in [0.1, 0.15) is 42.6 Å². The second-order valence-electron chi connectivity index (χ2n) is 8.03. The second-order valence-corrected chi connectivity index (χ2v) is 8.47. The molecule has 0 spiro atoms. The molecule has 1 aromatic carbocycles. The Kier molecular flexibility index (Phi) is 5.15. The van der Waals surface area contributed by atoms with Crippen molar-refractivity contribution in [1.29, 1.82) is 5.26 Å². The van der Waals surface area contributed by atoms with E-state index >= 15 is 0 Å². The molecule has 1 aliphatic rings. The van der Waals surface area contributed by atoms with Crippen molar-refractivity contribution in [3.05, 3.63) is 79.6 Å². The van der Waals surface area contributed by atoms with E-state index in [4.69, 9.17) is 16.6 Å². The van der Waals surface area contributed by atoms with Gasteiger partial charge >= 0.3 is 5.69 Å². The van der Waals surface area contributed by atoms with Crippen molar-refractivity contribution in [2.24, 2.45) is 4.99 Å². The Morgan fingerprint density at radius 1 is 1.39 bits per heavy atom. The highest BCUT2D eigenvalue weighted by Crippen LogP contribution is 2.25. The number of pyridine rings is 1. The largest absolute Gasteiger partial charge is 0.493 e. The van der Waals surface area contributed by atoms with Crippen LogP contribution in [0.3, 0.4) is 0 Å². The minimum absolute atomic E-state index is 0.132. The quantitative estimate of drug-likeness (QED) is 0.362. The molecule has 4 N–H and O–H groups in total. The lowest BCUT2D eigenvalue weighted by molar-refractivity contribution is 0.454. The highest BCUT2D eigenvalue weighted by molar-refractivity contribution is 6.30. The van der Waals surface area contributed by atoms with Gasteiger partial charge in [-0.15, -0.1) is 0 Å². The summed E-state index contributed by atoms with van der Waals surface area (Å²) in [4.78, 5) is 21.1. The van der Waals surface area contributed by atoms with Crippen molar-refractivity contribution in [3.8, 4) is 11.9 Å². The number of nitriles is 1. The lowest BCUT2D eigenvalue weighted by Gasteiger charge is -2.17. The van der Waals surface area contributed by atoms with Gasteiger partial charge in [0, 0.05) is 16.3 Å². The van der Waals surface area contributed by atoms with Crippen LogP contribution in [0.5, 0.6) is 5.88 Å². The van der Waals surface area contributed by atoms with E-state index in [9.17, 15) is 15.2 Å². The summed E-state index contributed by atoms with van der Waals surface area (Å²) in [7, 11) is 0. The first-order valence-electron chi connectivity index (χ1n) is 10.5. The molecule has 5 rings (SSSR count). The monoisotopic (exact) mass is 461 g/mol. The van der Waals surface area contributed by atoms with Crippen molar-refractivity contribution in [1.82, 2.24) is 19.6 Å². The summed E-state index contributed by atoms with van der Waals surface area (Å²) >= 11 is 6.16. The molecule has 10 heteroatoms. The van der Waals surface area contributed by atoms with Gasteiger partial charge in [0.15, 0.2) is 5.49 Å². The first-order chi connectivity index (χ1) is 15.9. The van der Waals surface area contributed by atoms with Gasteiger partial charge in [0.05, 0.1) is 23.4 Å². The molecule has 3 heterocycles. The van der Waals surface area contributed by atoms with E-state index in [-0.39, 0.29) is 23.7 Å². The van der Waals surface area contributed by atoms with Crippen molar-refractivity contribution < 1.29 is 5.11 Å². The minimum Gasteiger partial charge on any atom is -0.493 e. The molecule has 1 unspecified atom stereocenters. The molecule has 0 bridgehead atoms. The zero-order valence-electron chi connectivity index (χ0n) is 17.6. The third-order valence-corrected chi connectivity index (χ3v) is 5.77. The maximum atomic E-state index is 11.5. The Hall–Kier alpha value is -4.03. The van der Waals surface area contributed by atoms with E-state index in [2.05, 4.69) is 26.5 Å². The molecule has 1 fully saturated rings. The van der Waals surface area contributed by atoms with E-state index in [0.29, 0.717) is 32.5 Å². The highest BCUT2D eigenvalue weighted by Gasteiger charge is 2.22. The number of benzene rings is 1. The number of hydrogen-bond acceptors (Lipinski definition) is 6. The average Bonchev–Trinajstić information content (AvgIpc) is 3.43. The molecule has 166 valence electrons. The number of nitrogens with one attached hydrogen (secondary N) is 3. The van der Waals surface area contributed by atoms with Gasteiger partial charge in [0.2, 0.25) is 5.88 Å². The summed E-state index contributed by atoms with van der Waals surface area (Å²) in [6.45, 7) is 1.99. The van der Waals surface area contributed by atoms with Gasteiger partial charge < -0.3 is 15.4 Å². The summed E-state index contributed by atoms with van der Waals surface area (Å²) in [5.74, 6) is -0.260. The van der Waals surface area contributed by atoms with Crippen LogP contribution < -0.4 is 21.7 Å². The molecule has 1 saturated carbocycles. The van der Waals surface area contributed by atoms with Gasteiger partial charge in [-0.05, 0) is 49.6 Å². The predicted molar refractivity (Wildman–Crippen MR) is 124 cm³/mol. The van der Waals surface area contributed by atoms with Crippen LogP contribution in [-0.4, -0.2) is 30.7 Å². The van der Waals surface area contributed by atoms with Crippen LogP contribution in [0.25, 0.3) is 11.6 Å². The van der Waals surface area contributed by atoms with Gasteiger partial charge in [-0.1, -0.05) is 23.7 Å². The third-order valence-electron chi connectivity index (χ3n) is 5.53. The Morgan fingerprint density at radius 2 is 2.21 bits per heavy atom. The molecule has 4 aromatic rings. The number of anilines is 1. The third kappa shape index (κ3) is 4.08. The van der Waals surface area contributed by atoms with E-state index < -0.39 is 5.69 Å². The van der Waals surface area contributed by atoms with Gasteiger partial charge in [0.25, 0.3) is 0 Å². The number of H-pyrrole nitrogens is 2. The van der Waals surface area contributed by atoms with Crippen LogP contribution in [0.4, 0.5) is 5.69 Å². The van der Waals surface area contributed by atoms with Crippen molar-refractivity contribution in [2.45, 2.75) is 31.8 Å². The first kappa shape index (κ1) is 20.8. The summed E-state index contributed by atoms with van der Waals surface area (Å²) < 4.78 is 1.62. The Balaban J connectivity index is 1.70. The molecule has 0 saturated heterocycles. The number of nitrogens with zero attached hydrogens (tertiary/aromatic N) is 4. The zero-order chi connectivity index (χ0) is 23.1. The van der Waals surface area contributed by atoms with E-state index in [1.807, 2.05) is 37.3 Å². The predicted octanol–water partition coefficient (Wildman–Crippen LogP) is 2.37. The molecule has 33 heavy (non-hydrogen) atoms. The van der Waals surface area contributed by atoms with Gasteiger partial charge in [-0.25, -0.2) is 9.31 Å². The topological polar surface area (TPSA) is 134 Å². The first-order valence-corrected chi connectivity index (χ1v) is 10.8. The maximum absolute atomic E-state index is 11.5. The summed E-state index contributed by atoms with van der Waals surface area (Å²) in [5, 5.41) is 29.1. The van der Waals surface area contributed by atoms with Gasteiger partial charge in [-0.3, -0.25) is 9.98 Å². The second kappa shape index (κ2) is 8.15. The number of halogens is 1. The van der Waals surface area contributed by atoms with Gasteiger partial charge in [-0.2, -0.15) is 10.4 Å². The lowest BCUT2D eigenvalue weighted by atomic mass is 10.1. The standard InChI is InChI=1S/C23H20ClN7O2/c1-12(13-3-2-4-15(24)7-13)27-18-9-20-14(8-19-22(32)30-23(33)29-19)11-26-31(20)21(17(18)10-25)28-16-5-6-16/h2-4,7-9,11-12,16,27,32H,5-6H2,1H3,(H2,29,30,33). The maximum Gasteiger partial charge on any atom is 0.326 e. The SMILES string of the molecule is CC(Nc1cc2c(=Cc3[nH]c(=O)[nH]c3O)cnn2c(=NC2CC2)c1C#N)c1cccc(Cl)c1. The smallest absolute Gasteiger partial charge is 0.326 e. The number of rotatable bonds is 5. The summed E-state index contributed by atoms with van der Waals surface area (Å²) in [5.41, 5.74) is 2.86. The highest BCUT2D eigenvalue weighted by atomic mass is 35.5. The Morgan fingerprint density at radius 3 is 2.88 bits per heavy atom. The van der Waals surface area contributed by atoms with E-state index in [1.165, 1.54) is 0 Å². The summed E-state index contributed by atoms with van der Waals surface area (Å²) in [6.07, 6.45) is 5.17. The molecule has 3 aromatic heterocycles. The van der Waals surface area contributed by atoms with Crippen LogP contribution in [0.15, 0.2) is 46.3 Å². The Bertz CT molecular complexity index is 1590. The fraction of sp³-hybridized carbons (Fsp3) is 0.217. The molecule has 1 aliphatic carbocycles. The normalized spacial score (nSPS) is 15.7. The molecule has 1 atom stereocenters. The van der Waals surface area contributed by atoms with Crippen LogP contribution in [-0.2, 0) is 0 Å². The van der Waals surface area contributed by atoms with Crippen LogP contribution in [0, 0.1) is 11.3 Å². The van der Waals surface area contributed by atoms with Crippen molar-refractivity contribution in [2.75, 3.05) is 5.32 Å². The zero-order valence-corrected chi connectivity index (χ0v) is 18.4. The number of aromatic amines is 2. The number of imidazole rings is 1. The molecule has 9 nitrogen and oxygen atoms in total. The van der Waals surface area contributed by atoms with E-state index in [1.54, 1.807) is 16.8 Å². The van der Waals surface area contributed by atoms with Crippen LogP contribution >= 0.6 is 11.6 Å². The van der Waals surface area contributed by atoms with Crippen molar-refractivity contribution >= 4 is 28.9 Å². The molecular weight excluding hydrogens is 442 g/mol. The number of fused-ring (bicyclic) bond motifs is 1. The van der Waals surface area contributed by atoms with Gasteiger partial charge in [0.1, 0.15) is 17.3 Å². The van der Waals surface area contributed by atoms with E-state index in [0.717, 1.165) is 18.4 Å². The number of aromatic hydroxyl groups is 1. The summed E-state index contributed by atoms with van der Waals surface area (Å²) in [6, 6.07) is 11.7. The fourth-order valence-corrected chi connectivity index (χ4v) is 3.89. The van der Waals surface area contributed by atoms with Crippen LogP contribution in [0.2, 0.25) is 5.02 Å². The lowest BCUT2D eigenvalue weighted by Crippen LogP contribution is -2.23. The minimum atomic E-state index is -0.510. The average molecular weight is 462 g/mol. The molecule has 0 aliphatic heterocycles. The molecular formula is C23H20ClN7O2. The molecule has 0 radical (unpaired) electrons. The number of aromatic nitrogens is 4. The molecule has 0 amide bonds. The number of hydrogen-bond donors (Lipinski definition) is 4. The Labute approximate surface area is 192 Å². The van der Waals surface area contributed by atoms with Crippen molar-refractivity contribution in [3.63, 3.8) is 0 Å². The fourth-order valence-electron chi connectivity index (χ4n) is 3.69.